The van der Waals surface area contributed by atoms with Crippen LogP contribution in [0.3, 0.4) is 0 Å². The average Bonchev–Trinajstić information content (AvgIpc) is 2.59. The van der Waals surface area contributed by atoms with Crippen molar-refractivity contribution in [3.63, 3.8) is 0 Å². The van der Waals surface area contributed by atoms with Gasteiger partial charge in [0.25, 0.3) is 5.91 Å². The van der Waals surface area contributed by atoms with Crippen molar-refractivity contribution in [3.8, 4) is 0 Å². The third-order valence-electron chi connectivity index (χ3n) is 3.66. The SMILES string of the molecule is Cc1cc(C(=O)Nc2ccccc2Cl)nc(Nc2cc(Cl)ccc2C)n1. The number of carbonyl (C=O) groups is 1. The standard InChI is InChI=1S/C19H16Cl2N4O/c1-11-7-8-13(20)10-16(11)24-19-22-12(2)9-17(25-19)18(26)23-15-6-4-3-5-14(15)21/h3-10H,1-2H3,(H,23,26)(H,22,24,25). The number of anilines is 3. The topological polar surface area (TPSA) is 66.9 Å². The molecule has 1 amide bonds. The van der Waals surface area contributed by atoms with Crippen molar-refractivity contribution in [3.05, 3.63) is 75.5 Å². The minimum Gasteiger partial charge on any atom is -0.324 e. The number of amides is 1. The second-order valence-corrected chi connectivity index (χ2v) is 6.58. The Labute approximate surface area is 161 Å². The number of para-hydroxylation sites is 1. The van der Waals surface area contributed by atoms with Crippen LogP contribution in [0.25, 0.3) is 0 Å². The third-order valence-corrected chi connectivity index (χ3v) is 4.22. The third kappa shape index (κ3) is 4.31. The molecule has 0 aliphatic carbocycles. The van der Waals surface area contributed by atoms with Crippen molar-refractivity contribution in [2.75, 3.05) is 10.6 Å². The lowest BCUT2D eigenvalue weighted by Gasteiger charge is -2.11. The zero-order chi connectivity index (χ0) is 18.7. The molecule has 3 rings (SSSR count). The van der Waals surface area contributed by atoms with Crippen molar-refractivity contribution in [2.24, 2.45) is 0 Å². The van der Waals surface area contributed by atoms with Gasteiger partial charge in [-0.15, -0.1) is 0 Å². The van der Waals surface area contributed by atoms with Gasteiger partial charge in [0.1, 0.15) is 5.69 Å². The first-order valence-electron chi connectivity index (χ1n) is 7.87. The van der Waals surface area contributed by atoms with Crippen LogP contribution in [0.4, 0.5) is 17.3 Å². The van der Waals surface area contributed by atoms with Crippen LogP contribution in [0.15, 0.2) is 48.5 Å². The summed E-state index contributed by atoms with van der Waals surface area (Å²) in [5.41, 5.74) is 3.18. The van der Waals surface area contributed by atoms with Gasteiger partial charge in [-0.2, -0.15) is 0 Å². The molecule has 0 aliphatic heterocycles. The Morgan fingerprint density at radius 3 is 2.50 bits per heavy atom. The van der Waals surface area contributed by atoms with Gasteiger partial charge in [0.05, 0.1) is 10.7 Å². The fraction of sp³-hybridized carbons (Fsp3) is 0.105. The highest BCUT2D eigenvalue weighted by Gasteiger charge is 2.13. The first-order valence-corrected chi connectivity index (χ1v) is 8.63. The fourth-order valence-electron chi connectivity index (χ4n) is 2.34. The summed E-state index contributed by atoms with van der Waals surface area (Å²) in [6.07, 6.45) is 0. The summed E-state index contributed by atoms with van der Waals surface area (Å²) >= 11 is 12.1. The molecular weight excluding hydrogens is 371 g/mol. The highest BCUT2D eigenvalue weighted by Crippen LogP contribution is 2.24. The van der Waals surface area contributed by atoms with E-state index in [0.29, 0.717) is 27.4 Å². The molecule has 0 saturated heterocycles. The molecular formula is C19H16Cl2N4O. The molecule has 3 aromatic rings. The van der Waals surface area contributed by atoms with Gasteiger partial charge in [0.2, 0.25) is 5.95 Å². The second-order valence-electron chi connectivity index (χ2n) is 5.74. The molecule has 1 heterocycles. The number of nitrogens with zero attached hydrogens (tertiary/aromatic N) is 2. The summed E-state index contributed by atoms with van der Waals surface area (Å²) in [5.74, 6) is -0.0471. The summed E-state index contributed by atoms with van der Waals surface area (Å²) in [4.78, 5) is 21.2. The number of carbonyl (C=O) groups excluding carboxylic acids is 1. The van der Waals surface area contributed by atoms with Crippen LogP contribution in [-0.2, 0) is 0 Å². The second kappa shape index (κ2) is 7.72. The van der Waals surface area contributed by atoms with Gasteiger partial charge < -0.3 is 10.6 Å². The molecule has 132 valence electrons. The number of benzene rings is 2. The highest BCUT2D eigenvalue weighted by molar-refractivity contribution is 6.33. The Balaban J connectivity index is 1.86. The molecule has 7 heteroatoms. The smallest absolute Gasteiger partial charge is 0.274 e. The summed E-state index contributed by atoms with van der Waals surface area (Å²) < 4.78 is 0. The summed E-state index contributed by atoms with van der Waals surface area (Å²) in [6, 6.07) is 14.1. The van der Waals surface area contributed by atoms with E-state index in [1.807, 2.05) is 19.1 Å². The molecule has 0 radical (unpaired) electrons. The van der Waals surface area contributed by atoms with E-state index in [-0.39, 0.29) is 11.6 Å². The molecule has 0 bridgehead atoms. The maximum absolute atomic E-state index is 12.5. The first-order chi connectivity index (χ1) is 12.4. The molecule has 0 saturated carbocycles. The Morgan fingerprint density at radius 2 is 1.73 bits per heavy atom. The summed E-state index contributed by atoms with van der Waals surface area (Å²) in [7, 11) is 0. The van der Waals surface area contributed by atoms with Gasteiger partial charge in [-0.25, -0.2) is 9.97 Å². The molecule has 26 heavy (non-hydrogen) atoms. The molecule has 5 nitrogen and oxygen atoms in total. The van der Waals surface area contributed by atoms with Crippen LogP contribution in [0.5, 0.6) is 0 Å². The van der Waals surface area contributed by atoms with Crippen LogP contribution in [0.2, 0.25) is 10.0 Å². The summed E-state index contributed by atoms with van der Waals surface area (Å²) in [6.45, 7) is 3.74. The van der Waals surface area contributed by atoms with Crippen LogP contribution >= 0.6 is 23.2 Å². The molecule has 2 N–H and O–H groups in total. The molecule has 0 atom stereocenters. The Bertz CT molecular complexity index is 976. The van der Waals surface area contributed by atoms with E-state index in [4.69, 9.17) is 23.2 Å². The van der Waals surface area contributed by atoms with Gasteiger partial charge >= 0.3 is 0 Å². The number of halogens is 2. The summed E-state index contributed by atoms with van der Waals surface area (Å²) in [5, 5.41) is 6.92. The average molecular weight is 387 g/mol. The number of rotatable bonds is 4. The van der Waals surface area contributed by atoms with E-state index in [1.54, 1.807) is 43.3 Å². The molecule has 2 aromatic carbocycles. The molecule has 0 unspecified atom stereocenters. The maximum atomic E-state index is 12.5. The van der Waals surface area contributed by atoms with Gasteiger partial charge in [-0.05, 0) is 49.7 Å². The van der Waals surface area contributed by atoms with Crippen molar-refractivity contribution in [2.45, 2.75) is 13.8 Å². The van der Waals surface area contributed by atoms with Crippen molar-refractivity contribution >= 4 is 46.4 Å². The zero-order valence-corrected chi connectivity index (χ0v) is 15.7. The van der Waals surface area contributed by atoms with E-state index < -0.39 is 0 Å². The monoisotopic (exact) mass is 386 g/mol. The van der Waals surface area contributed by atoms with Crippen molar-refractivity contribution in [1.29, 1.82) is 0 Å². The normalized spacial score (nSPS) is 10.5. The van der Waals surface area contributed by atoms with E-state index in [1.165, 1.54) is 0 Å². The lowest BCUT2D eigenvalue weighted by atomic mass is 10.2. The maximum Gasteiger partial charge on any atom is 0.274 e. The fourth-order valence-corrected chi connectivity index (χ4v) is 2.69. The van der Waals surface area contributed by atoms with Gasteiger partial charge in [0, 0.05) is 16.4 Å². The number of hydrogen-bond donors (Lipinski definition) is 2. The predicted molar refractivity (Wildman–Crippen MR) is 106 cm³/mol. The number of hydrogen-bond acceptors (Lipinski definition) is 4. The van der Waals surface area contributed by atoms with Crippen molar-refractivity contribution < 1.29 is 4.79 Å². The Hall–Kier alpha value is -2.63. The van der Waals surface area contributed by atoms with Crippen LogP contribution in [0.1, 0.15) is 21.7 Å². The van der Waals surface area contributed by atoms with Crippen LogP contribution in [-0.4, -0.2) is 15.9 Å². The highest BCUT2D eigenvalue weighted by atomic mass is 35.5. The number of nitrogens with one attached hydrogen (secondary N) is 2. The zero-order valence-electron chi connectivity index (χ0n) is 14.2. The Kier molecular flexibility index (Phi) is 5.40. The number of aryl methyl sites for hydroxylation is 2. The lowest BCUT2D eigenvalue weighted by Crippen LogP contribution is -2.15. The van der Waals surface area contributed by atoms with Gasteiger partial charge in [-0.1, -0.05) is 41.4 Å². The van der Waals surface area contributed by atoms with Crippen LogP contribution in [0, 0.1) is 13.8 Å². The molecule has 0 aliphatic rings. The van der Waals surface area contributed by atoms with Gasteiger partial charge in [0.15, 0.2) is 0 Å². The van der Waals surface area contributed by atoms with Crippen molar-refractivity contribution in [1.82, 2.24) is 9.97 Å². The Morgan fingerprint density at radius 1 is 0.962 bits per heavy atom. The lowest BCUT2D eigenvalue weighted by molar-refractivity contribution is 0.102. The molecule has 0 spiro atoms. The van der Waals surface area contributed by atoms with E-state index in [0.717, 1.165) is 11.3 Å². The quantitative estimate of drug-likeness (QED) is 0.629. The van der Waals surface area contributed by atoms with E-state index in [9.17, 15) is 4.79 Å². The van der Waals surface area contributed by atoms with Crippen LogP contribution < -0.4 is 10.6 Å². The van der Waals surface area contributed by atoms with Gasteiger partial charge in [-0.3, -0.25) is 4.79 Å². The minimum atomic E-state index is -0.366. The largest absolute Gasteiger partial charge is 0.324 e. The minimum absolute atomic E-state index is 0.236. The van der Waals surface area contributed by atoms with E-state index in [2.05, 4.69) is 20.6 Å². The predicted octanol–water partition coefficient (Wildman–Crippen LogP) is 5.40. The molecule has 1 aromatic heterocycles. The number of aromatic nitrogens is 2. The van der Waals surface area contributed by atoms with E-state index >= 15 is 0 Å². The first kappa shape index (κ1) is 18.2. The molecule has 0 fully saturated rings.